The van der Waals surface area contributed by atoms with Crippen molar-refractivity contribution in [1.82, 2.24) is 10.2 Å². The molecule has 0 aliphatic carbocycles. The van der Waals surface area contributed by atoms with Gasteiger partial charge in [0.1, 0.15) is 16.8 Å². The summed E-state index contributed by atoms with van der Waals surface area (Å²) < 4.78 is 11.6. The Balaban J connectivity index is 1.80. The molecule has 5 rings (SSSR count). The van der Waals surface area contributed by atoms with Crippen molar-refractivity contribution in [1.29, 1.82) is 0 Å². The lowest BCUT2D eigenvalue weighted by Gasteiger charge is -2.22. The minimum Gasteiger partial charge on any atom is -0.494 e. The van der Waals surface area contributed by atoms with Crippen LogP contribution in [0.15, 0.2) is 57.2 Å². The van der Waals surface area contributed by atoms with Crippen LogP contribution < -0.4 is 15.1 Å². The van der Waals surface area contributed by atoms with Crippen molar-refractivity contribution < 1.29 is 13.9 Å². The van der Waals surface area contributed by atoms with Crippen LogP contribution in [-0.2, 0) is 0 Å². The van der Waals surface area contributed by atoms with Gasteiger partial charge in [-0.25, -0.2) is 0 Å². The second-order valence-corrected chi connectivity index (χ2v) is 7.79. The fourth-order valence-corrected chi connectivity index (χ4v) is 4.40. The van der Waals surface area contributed by atoms with E-state index in [1.165, 1.54) is 16.2 Å². The van der Waals surface area contributed by atoms with Gasteiger partial charge in [-0.15, -0.1) is 10.2 Å². The molecule has 0 radical (unpaired) electrons. The maximum absolute atomic E-state index is 13.5. The number of amides is 1. The van der Waals surface area contributed by atoms with Crippen molar-refractivity contribution in [2.24, 2.45) is 0 Å². The van der Waals surface area contributed by atoms with Crippen LogP contribution in [0.4, 0.5) is 5.13 Å². The number of benzene rings is 2. The van der Waals surface area contributed by atoms with Gasteiger partial charge in [-0.1, -0.05) is 35.1 Å². The van der Waals surface area contributed by atoms with Gasteiger partial charge in [0.25, 0.3) is 5.91 Å². The number of carbonyl (C=O) groups is 1. The summed E-state index contributed by atoms with van der Waals surface area (Å²) in [6.45, 7) is 4.32. The van der Waals surface area contributed by atoms with Crippen LogP contribution in [0.3, 0.4) is 0 Å². The van der Waals surface area contributed by atoms with Crippen LogP contribution in [0.5, 0.6) is 5.75 Å². The number of hydrogen-bond acceptors (Lipinski definition) is 7. The molecule has 0 spiro atoms. The van der Waals surface area contributed by atoms with Crippen LogP contribution in [0.25, 0.3) is 11.0 Å². The zero-order chi connectivity index (χ0) is 20.8. The second-order valence-electron chi connectivity index (χ2n) is 6.98. The first-order valence-electron chi connectivity index (χ1n) is 9.48. The van der Waals surface area contributed by atoms with Crippen molar-refractivity contribution in [3.05, 3.63) is 80.6 Å². The van der Waals surface area contributed by atoms with Gasteiger partial charge in [0, 0.05) is 0 Å². The minimum atomic E-state index is -0.679. The molecule has 1 atom stereocenters. The molecule has 0 fully saturated rings. The summed E-state index contributed by atoms with van der Waals surface area (Å²) in [5.74, 6) is 0.292. The third-order valence-electron chi connectivity index (χ3n) is 5.07. The summed E-state index contributed by atoms with van der Waals surface area (Å²) in [5, 5.41) is 8.80. The molecular formula is C22H17N3O4S. The highest BCUT2D eigenvalue weighted by Crippen LogP contribution is 2.42. The second kappa shape index (κ2) is 7.07. The van der Waals surface area contributed by atoms with Crippen LogP contribution in [0, 0.1) is 6.92 Å². The maximum Gasteiger partial charge on any atom is 0.297 e. The van der Waals surface area contributed by atoms with Gasteiger partial charge in [-0.2, -0.15) is 0 Å². The molecule has 1 amide bonds. The fraction of sp³-hybridized carbons (Fsp3) is 0.182. The standard InChI is InChI=1S/C22H17N3O4S/c1-3-28-14-6-4-5-13(10-14)18-17-19(26)15-9-12(2)7-8-16(15)29-20(17)21(27)25(18)22-24-23-11-30-22/h4-11,18H,3H2,1-2H3/t18-/m0/s1. The Morgan fingerprint density at radius 1 is 1.20 bits per heavy atom. The van der Waals surface area contributed by atoms with E-state index in [-0.39, 0.29) is 11.2 Å². The van der Waals surface area contributed by atoms with Gasteiger partial charge < -0.3 is 9.15 Å². The molecule has 2 aromatic heterocycles. The van der Waals surface area contributed by atoms with Crippen molar-refractivity contribution >= 4 is 33.3 Å². The number of fused-ring (bicyclic) bond motifs is 2. The van der Waals surface area contributed by atoms with Gasteiger partial charge in [-0.3, -0.25) is 14.5 Å². The lowest BCUT2D eigenvalue weighted by molar-refractivity contribution is 0.0970. The third-order valence-corrected chi connectivity index (χ3v) is 5.75. The first-order chi connectivity index (χ1) is 14.6. The Labute approximate surface area is 175 Å². The molecule has 0 saturated carbocycles. The first kappa shape index (κ1) is 18.5. The number of carbonyl (C=O) groups excluding carboxylic acids is 1. The molecule has 0 unspecified atom stereocenters. The molecule has 1 aliphatic heterocycles. The van der Waals surface area contributed by atoms with Gasteiger partial charge in [-0.05, 0) is 43.7 Å². The average molecular weight is 419 g/mol. The molecular weight excluding hydrogens is 402 g/mol. The molecule has 0 saturated heterocycles. The van der Waals surface area contributed by atoms with Gasteiger partial charge in [0.2, 0.25) is 10.9 Å². The van der Waals surface area contributed by atoms with E-state index in [9.17, 15) is 9.59 Å². The summed E-state index contributed by atoms with van der Waals surface area (Å²) in [6, 6.07) is 12.1. The maximum atomic E-state index is 13.5. The van der Waals surface area contributed by atoms with Crippen molar-refractivity contribution in [2.45, 2.75) is 19.9 Å². The van der Waals surface area contributed by atoms with Crippen molar-refractivity contribution in [3.63, 3.8) is 0 Å². The number of aryl methyl sites for hydroxylation is 1. The Bertz CT molecular complexity index is 1330. The highest BCUT2D eigenvalue weighted by Gasteiger charge is 2.45. The first-order valence-corrected chi connectivity index (χ1v) is 10.4. The largest absolute Gasteiger partial charge is 0.494 e. The van der Waals surface area contributed by atoms with E-state index in [2.05, 4.69) is 10.2 Å². The molecule has 3 heterocycles. The number of ether oxygens (including phenoxy) is 1. The molecule has 8 heteroatoms. The lowest BCUT2D eigenvalue weighted by atomic mass is 9.98. The predicted octanol–water partition coefficient (Wildman–Crippen LogP) is 4.10. The number of anilines is 1. The molecule has 0 N–H and O–H groups in total. The van der Waals surface area contributed by atoms with E-state index >= 15 is 0 Å². The van der Waals surface area contributed by atoms with Crippen LogP contribution in [0.1, 0.15) is 40.2 Å². The normalized spacial score (nSPS) is 15.6. The van der Waals surface area contributed by atoms with Crippen LogP contribution in [0.2, 0.25) is 0 Å². The van der Waals surface area contributed by atoms with E-state index in [0.29, 0.717) is 34.0 Å². The fourth-order valence-electron chi connectivity index (χ4n) is 3.81. The SMILES string of the molecule is CCOc1cccc([C@H]2c3c(oc4ccc(C)cc4c3=O)C(=O)N2c2nncs2)c1. The highest BCUT2D eigenvalue weighted by atomic mass is 32.1. The van der Waals surface area contributed by atoms with Crippen molar-refractivity contribution in [2.75, 3.05) is 11.5 Å². The predicted molar refractivity (Wildman–Crippen MR) is 113 cm³/mol. The molecule has 150 valence electrons. The summed E-state index contributed by atoms with van der Waals surface area (Å²) in [7, 11) is 0. The topological polar surface area (TPSA) is 85.5 Å². The number of hydrogen-bond donors (Lipinski definition) is 0. The lowest BCUT2D eigenvalue weighted by Crippen LogP contribution is -2.29. The monoisotopic (exact) mass is 419 g/mol. The molecule has 1 aliphatic rings. The van der Waals surface area contributed by atoms with E-state index in [4.69, 9.17) is 9.15 Å². The van der Waals surface area contributed by atoms with Crippen molar-refractivity contribution in [3.8, 4) is 5.75 Å². The smallest absolute Gasteiger partial charge is 0.297 e. The molecule has 7 nitrogen and oxygen atoms in total. The van der Waals surface area contributed by atoms with Gasteiger partial charge in [0.05, 0.1) is 23.6 Å². The molecule has 4 aromatic rings. The molecule has 30 heavy (non-hydrogen) atoms. The number of aromatic nitrogens is 2. The Kier molecular flexibility index (Phi) is 4.36. The van der Waals surface area contributed by atoms with E-state index < -0.39 is 11.9 Å². The summed E-state index contributed by atoms with van der Waals surface area (Å²) in [6.07, 6.45) is 0. The Hall–Kier alpha value is -3.52. The number of rotatable bonds is 4. The van der Waals surface area contributed by atoms with Crippen LogP contribution >= 0.6 is 11.3 Å². The highest BCUT2D eigenvalue weighted by molar-refractivity contribution is 7.13. The van der Waals surface area contributed by atoms with Gasteiger partial charge in [0.15, 0.2) is 5.43 Å². The molecule has 2 aromatic carbocycles. The van der Waals surface area contributed by atoms with Gasteiger partial charge >= 0.3 is 0 Å². The zero-order valence-corrected chi connectivity index (χ0v) is 17.1. The minimum absolute atomic E-state index is 0.0402. The quantitative estimate of drug-likeness (QED) is 0.495. The summed E-state index contributed by atoms with van der Waals surface area (Å²) in [5.41, 5.74) is 3.70. The summed E-state index contributed by atoms with van der Waals surface area (Å²) in [4.78, 5) is 28.4. The van der Waals surface area contributed by atoms with E-state index in [1.54, 1.807) is 17.6 Å². The van der Waals surface area contributed by atoms with E-state index in [0.717, 1.165) is 11.1 Å². The Morgan fingerprint density at radius 2 is 2.07 bits per heavy atom. The number of nitrogens with zero attached hydrogens (tertiary/aromatic N) is 3. The zero-order valence-electron chi connectivity index (χ0n) is 16.3. The summed E-state index contributed by atoms with van der Waals surface area (Å²) >= 11 is 1.23. The van der Waals surface area contributed by atoms with Crippen LogP contribution in [-0.4, -0.2) is 22.7 Å². The average Bonchev–Trinajstić information content (AvgIpc) is 3.36. The van der Waals surface area contributed by atoms with E-state index in [1.807, 2.05) is 44.2 Å². The Morgan fingerprint density at radius 3 is 2.83 bits per heavy atom. The third kappa shape index (κ3) is 2.80. The molecule has 0 bridgehead atoms.